The lowest BCUT2D eigenvalue weighted by Gasteiger charge is -2.32. The van der Waals surface area contributed by atoms with Gasteiger partial charge in [-0.05, 0) is 18.6 Å². The fourth-order valence-corrected chi connectivity index (χ4v) is 4.04. The first kappa shape index (κ1) is 20.8. The third-order valence-corrected chi connectivity index (χ3v) is 6.07. The quantitative estimate of drug-likeness (QED) is 0.411. The van der Waals surface area contributed by atoms with E-state index in [4.69, 9.17) is 32.7 Å². The predicted molar refractivity (Wildman–Crippen MR) is 121 cm³/mol. The summed E-state index contributed by atoms with van der Waals surface area (Å²) >= 11 is 12.4. The number of methoxy groups -OCH3 is 1. The highest BCUT2D eigenvalue weighted by atomic mass is 35.5. The van der Waals surface area contributed by atoms with Gasteiger partial charge in [0.15, 0.2) is 23.1 Å². The number of hydrogen-bond acceptors (Lipinski definition) is 6. The van der Waals surface area contributed by atoms with Crippen LogP contribution in [0.25, 0.3) is 22.2 Å². The van der Waals surface area contributed by atoms with Crippen LogP contribution in [0.3, 0.4) is 0 Å². The van der Waals surface area contributed by atoms with Crippen LogP contribution < -0.4 is 14.4 Å². The standard InChI is InChI=1S/C22H18Cl2FN5O2/c1-31-19-7-18-13(6-20(19)32-11-14-15(23)9-26-10-16(14)24)21(29-28-18)12-5-17(25)22(27-8-12)30-3-2-4-30/h5-10H,2-4,11H2,1H3,(H,28,29). The van der Waals surface area contributed by atoms with E-state index in [1.54, 1.807) is 25.4 Å². The maximum Gasteiger partial charge on any atom is 0.166 e. The van der Waals surface area contributed by atoms with Gasteiger partial charge in [0.2, 0.25) is 0 Å². The minimum atomic E-state index is -0.370. The number of benzene rings is 1. The number of aromatic nitrogens is 4. The molecule has 1 aliphatic heterocycles. The van der Waals surface area contributed by atoms with Gasteiger partial charge in [-0.1, -0.05) is 23.2 Å². The van der Waals surface area contributed by atoms with Gasteiger partial charge in [0, 0.05) is 54.3 Å². The van der Waals surface area contributed by atoms with Crippen molar-refractivity contribution in [2.24, 2.45) is 0 Å². The first-order valence-electron chi connectivity index (χ1n) is 9.93. The summed E-state index contributed by atoms with van der Waals surface area (Å²) in [6, 6.07) is 5.02. The van der Waals surface area contributed by atoms with E-state index in [-0.39, 0.29) is 12.4 Å². The third-order valence-electron chi connectivity index (χ3n) is 5.42. The van der Waals surface area contributed by atoms with Crippen LogP contribution in [-0.4, -0.2) is 40.4 Å². The molecule has 32 heavy (non-hydrogen) atoms. The number of nitrogens with one attached hydrogen (secondary N) is 1. The van der Waals surface area contributed by atoms with Crippen molar-refractivity contribution < 1.29 is 13.9 Å². The second-order valence-corrected chi connectivity index (χ2v) is 8.18. The van der Waals surface area contributed by atoms with E-state index in [1.807, 2.05) is 4.90 Å². The molecule has 1 N–H and O–H groups in total. The number of fused-ring (bicyclic) bond motifs is 1. The van der Waals surface area contributed by atoms with Crippen molar-refractivity contribution in [1.29, 1.82) is 0 Å². The van der Waals surface area contributed by atoms with Crippen LogP contribution in [0, 0.1) is 5.82 Å². The van der Waals surface area contributed by atoms with Crippen LogP contribution in [0.2, 0.25) is 10.0 Å². The molecule has 0 bridgehead atoms. The van der Waals surface area contributed by atoms with Gasteiger partial charge in [0.1, 0.15) is 12.3 Å². The van der Waals surface area contributed by atoms with E-state index >= 15 is 0 Å². The molecule has 10 heteroatoms. The van der Waals surface area contributed by atoms with Crippen molar-refractivity contribution in [3.63, 3.8) is 0 Å². The van der Waals surface area contributed by atoms with Gasteiger partial charge in [-0.2, -0.15) is 5.10 Å². The number of aromatic amines is 1. The molecule has 0 amide bonds. The summed E-state index contributed by atoms with van der Waals surface area (Å²) in [5.74, 6) is 0.977. The third kappa shape index (κ3) is 3.69. The Morgan fingerprint density at radius 1 is 1.09 bits per heavy atom. The Labute approximate surface area is 193 Å². The zero-order valence-electron chi connectivity index (χ0n) is 17.0. The predicted octanol–water partition coefficient (Wildman–Crippen LogP) is 5.26. The van der Waals surface area contributed by atoms with E-state index < -0.39 is 0 Å². The molecule has 0 spiro atoms. The topological polar surface area (TPSA) is 76.2 Å². The average Bonchev–Trinajstić information content (AvgIpc) is 3.15. The Morgan fingerprint density at radius 2 is 1.88 bits per heavy atom. The van der Waals surface area contributed by atoms with Crippen LogP contribution in [0.4, 0.5) is 10.2 Å². The molecule has 4 aromatic rings. The number of pyridine rings is 2. The molecule has 0 unspecified atom stereocenters. The van der Waals surface area contributed by atoms with Gasteiger partial charge in [0.25, 0.3) is 0 Å². The normalized spacial score (nSPS) is 13.3. The molecule has 0 atom stereocenters. The van der Waals surface area contributed by atoms with Crippen molar-refractivity contribution in [2.75, 3.05) is 25.1 Å². The van der Waals surface area contributed by atoms with E-state index in [1.165, 1.54) is 18.5 Å². The lowest BCUT2D eigenvalue weighted by Crippen LogP contribution is -2.38. The molecule has 4 heterocycles. The maximum atomic E-state index is 14.7. The lowest BCUT2D eigenvalue weighted by molar-refractivity contribution is 0.285. The SMILES string of the molecule is COc1cc2[nH]nc(-c3cnc(N4CCC4)c(F)c3)c2cc1OCc1c(Cl)cncc1Cl. The van der Waals surface area contributed by atoms with Gasteiger partial charge in [-0.15, -0.1) is 0 Å². The van der Waals surface area contributed by atoms with E-state index in [2.05, 4.69) is 20.2 Å². The van der Waals surface area contributed by atoms with E-state index in [0.717, 1.165) is 30.4 Å². The highest BCUT2D eigenvalue weighted by molar-refractivity contribution is 6.35. The van der Waals surface area contributed by atoms with Gasteiger partial charge in [-0.3, -0.25) is 10.1 Å². The van der Waals surface area contributed by atoms with Crippen LogP contribution in [-0.2, 0) is 6.61 Å². The summed E-state index contributed by atoms with van der Waals surface area (Å²) in [4.78, 5) is 10.2. The molecular formula is C22H18Cl2FN5O2. The van der Waals surface area contributed by atoms with Crippen molar-refractivity contribution in [3.8, 4) is 22.8 Å². The Bertz CT molecular complexity index is 1290. The first-order valence-corrected chi connectivity index (χ1v) is 10.7. The van der Waals surface area contributed by atoms with Crippen LogP contribution in [0.1, 0.15) is 12.0 Å². The zero-order valence-corrected chi connectivity index (χ0v) is 18.5. The van der Waals surface area contributed by atoms with Gasteiger partial charge in [-0.25, -0.2) is 9.37 Å². The van der Waals surface area contributed by atoms with Crippen LogP contribution >= 0.6 is 23.2 Å². The summed E-state index contributed by atoms with van der Waals surface area (Å²) in [6.07, 6.45) is 5.69. The molecular weight excluding hydrogens is 456 g/mol. The van der Waals surface area contributed by atoms with Gasteiger partial charge >= 0.3 is 0 Å². The molecule has 0 radical (unpaired) electrons. The number of rotatable bonds is 6. The Kier molecular flexibility index (Phi) is 5.48. The molecule has 164 valence electrons. The molecule has 7 nitrogen and oxygen atoms in total. The molecule has 1 fully saturated rings. The van der Waals surface area contributed by atoms with Crippen molar-refractivity contribution in [1.82, 2.24) is 20.2 Å². The Balaban J connectivity index is 1.50. The Hall–Kier alpha value is -3.10. The van der Waals surface area contributed by atoms with Crippen LogP contribution in [0.15, 0.2) is 36.8 Å². The summed E-state index contributed by atoms with van der Waals surface area (Å²) in [7, 11) is 1.55. The van der Waals surface area contributed by atoms with E-state index in [0.29, 0.717) is 44.2 Å². The van der Waals surface area contributed by atoms with Crippen molar-refractivity contribution >= 4 is 39.9 Å². The summed E-state index contributed by atoms with van der Waals surface area (Å²) < 4.78 is 26.1. The Morgan fingerprint density at radius 3 is 2.53 bits per heavy atom. The molecule has 1 saturated heterocycles. The number of ether oxygens (including phenoxy) is 2. The van der Waals surface area contributed by atoms with Crippen LogP contribution in [0.5, 0.6) is 11.5 Å². The number of nitrogens with zero attached hydrogens (tertiary/aromatic N) is 4. The molecule has 3 aromatic heterocycles. The minimum absolute atomic E-state index is 0.121. The number of anilines is 1. The fourth-order valence-electron chi connectivity index (χ4n) is 3.56. The largest absolute Gasteiger partial charge is 0.493 e. The first-order chi connectivity index (χ1) is 15.5. The highest BCUT2D eigenvalue weighted by Crippen LogP contribution is 2.37. The monoisotopic (exact) mass is 473 g/mol. The van der Waals surface area contributed by atoms with Crippen molar-refractivity contribution in [3.05, 3.63) is 58.2 Å². The highest BCUT2D eigenvalue weighted by Gasteiger charge is 2.21. The smallest absolute Gasteiger partial charge is 0.166 e. The molecule has 5 rings (SSSR count). The van der Waals surface area contributed by atoms with Crippen molar-refractivity contribution in [2.45, 2.75) is 13.0 Å². The second kappa shape index (κ2) is 8.44. The van der Waals surface area contributed by atoms with E-state index in [9.17, 15) is 4.39 Å². The number of halogens is 3. The summed E-state index contributed by atoms with van der Waals surface area (Å²) in [5, 5.41) is 8.89. The molecule has 1 aliphatic rings. The summed E-state index contributed by atoms with van der Waals surface area (Å²) in [6.45, 7) is 1.76. The molecule has 1 aromatic carbocycles. The molecule has 0 aliphatic carbocycles. The minimum Gasteiger partial charge on any atom is -0.493 e. The number of hydrogen-bond donors (Lipinski definition) is 1. The summed E-state index contributed by atoms with van der Waals surface area (Å²) in [5.41, 5.74) is 2.46. The maximum absolute atomic E-state index is 14.7. The van der Waals surface area contributed by atoms with Gasteiger partial charge < -0.3 is 14.4 Å². The lowest BCUT2D eigenvalue weighted by atomic mass is 10.1. The fraction of sp³-hybridized carbons (Fsp3) is 0.227. The zero-order chi connectivity index (χ0) is 22.2. The average molecular weight is 474 g/mol. The van der Waals surface area contributed by atoms with Gasteiger partial charge in [0.05, 0.1) is 22.7 Å². The second-order valence-electron chi connectivity index (χ2n) is 7.36. The molecule has 0 saturated carbocycles. The number of H-pyrrole nitrogens is 1.